The lowest BCUT2D eigenvalue weighted by Crippen LogP contribution is -1.99. The van der Waals surface area contributed by atoms with Gasteiger partial charge < -0.3 is 4.74 Å². The van der Waals surface area contributed by atoms with Gasteiger partial charge in [0.15, 0.2) is 11.0 Å². The Labute approximate surface area is 114 Å². The van der Waals surface area contributed by atoms with Gasteiger partial charge in [-0.2, -0.15) is 0 Å². The number of aromatic nitrogens is 2. The van der Waals surface area contributed by atoms with Crippen molar-refractivity contribution in [1.82, 2.24) is 9.97 Å². The summed E-state index contributed by atoms with van der Waals surface area (Å²) in [7, 11) is 1.67. The van der Waals surface area contributed by atoms with Gasteiger partial charge in [0.05, 0.1) is 17.3 Å². The zero-order valence-corrected chi connectivity index (χ0v) is 11.4. The van der Waals surface area contributed by atoms with E-state index >= 15 is 0 Å². The largest absolute Gasteiger partial charge is 0.497 e. The molecule has 0 saturated carbocycles. The summed E-state index contributed by atoms with van der Waals surface area (Å²) < 4.78 is 6.19. The van der Waals surface area contributed by atoms with E-state index < -0.39 is 0 Å². The molecule has 0 spiro atoms. The van der Waals surface area contributed by atoms with Gasteiger partial charge in [0.25, 0.3) is 0 Å². The second-order valence-corrected chi connectivity index (χ2v) is 5.27. The quantitative estimate of drug-likeness (QED) is 0.777. The number of thiophene rings is 1. The van der Waals surface area contributed by atoms with E-state index in [1.165, 1.54) is 0 Å². The van der Waals surface area contributed by atoms with Crippen molar-refractivity contribution in [2.45, 2.75) is 12.8 Å². The molecule has 92 valence electrons. The van der Waals surface area contributed by atoms with Crippen LogP contribution in [0.15, 0.2) is 29.4 Å². The lowest BCUT2D eigenvalue weighted by Gasteiger charge is -2.12. The Morgan fingerprint density at radius 1 is 1.39 bits per heavy atom. The molecule has 0 bridgehead atoms. The Bertz CT molecular complexity index is 660. The molecule has 0 fully saturated rings. The number of halogens is 1. The molecule has 2 aromatic rings. The zero-order valence-electron chi connectivity index (χ0n) is 9.81. The van der Waals surface area contributed by atoms with Crippen molar-refractivity contribution in [2.75, 3.05) is 7.11 Å². The van der Waals surface area contributed by atoms with Gasteiger partial charge in [0.1, 0.15) is 5.76 Å². The lowest BCUT2D eigenvalue weighted by molar-refractivity contribution is 0.304. The second-order valence-electron chi connectivity index (χ2n) is 3.99. The van der Waals surface area contributed by atoms with Crippen LogP contribution >= 0.6 is 22.9 Å². The van der Waals surface area contributed by atoms with Crippen LogP contribution in [0, 0.1) is 0 Å². The van der Waals surface area contributed by atoms with Gasteiger partial charge in [-0.25, -0.2) is 9.97 Å². The molecule has 18 heavy (non-hydrogen) atoms. The second kappa shape index (κ2) is 4.71. The maximum atomic E-state index is 6.18. The fourth-order valence-corrected chi connectivity index (χ4v) is 2.98. The first-order valence-electron chi connectivity index (χ1n) is 5.64. The van der Waals surface area contributed by atoms with Crippen molar-refractivity contribution < 1.29 is 4.74 Å². The van der Waals surface area contributed by atoms with Crippen molar-refractivity contribution in [3.8, 4) is 0 Å². The van der Waals surface area contributed by atoms with Crippen LogP contribution in [0.2, 0.25) is 5.15 Å². The Hall–Kier alpha value is -1.39. The Balaban J connectivity index is 2.09. The third kappa shape index (κ3) is 2.02. The highest BCUT2D eigenvalue weighted by Gasteiger charge is 2.13. The Morgan fingerprint density at radius 2 is 2.28 bits per heavy atom. The van der Waals surface area contributed by atoms with Gasteiger partial charge in [0, 0.05) is 5.57 Å². The SMILES string of the molecule is COC1=CCCC(c2nc(Cl)c3sccc3n2)=C1. The molecule has 1 aliphatic carbocycles. The van der Waals surface area contributed by atoms with Crippen LogP contribution < -0.4 is 0 Å². The predicted octanol–water partition coefficient (Wildman–Crippen LogP) is 4.05. The molecule has 0 saturated heterocycles. The number of methoxy groups -OCH3 is 1. The molecule has 5 heteroatoms. The minimum Gasteiger partial charge on any atom is -0.497 e. The average molecular weight is 279 g/mol. The van der Waals surface area contributed by atoms with E-state index in [-0.39, 0.29) is 0 Å². The summed E-state index contributed by atoms with van der Waals surface area (Å²) >= 11 is 7.74. The van der Waals surface area contributed by atoms with Crippen LogP contribution in [0.1, 0.15) is 18.7 Å². The molecule has 0 amide bonds. The van der Waals surface area contributed by atoms with Crippen LogP contribution in [0.25, 0.3) is 15.8 Å². The number of fused-ring (bicyclic) bond motifs is 1. The molecule has 0 atom stereocenters. The molecule has 0 unspecified atom stereocenters. The summed E-state index contributed by atoms with van der Waals surface area (Å²) in [5.74, 6) is 1.56. The topological polar surface area (TPSA) is 35.0 Å². The number of nitrogens with zero attached hydrogens (tertiary/aromatic N) is 2. The van der Waals surface area contributed by atoms with Gasteiger partial charge in [0.2, 0.25) is 0 Å². The summed E-state index contributed by atoms with van der Waals surface area (Å²) in [6.45, 7) is 0. The normalized spacial score (nSPS) is 15.4. The lowest BCUT2D eigenvalue weighted by atomic mass is 10.0. The van der Waals surface area contributed by atoms with E-state index in [2.05, 4.69) is 16.0 Å². The fraction of sp³-hybridized carbons (Fsp3) is 0.231. The van der Waals surface area contributed by atoms with Gasteiger partial charge >= 0.3 is 0 Å². The summed E-state index contributed by atoms with van der Waals surface area (Å²) in [5.41, 5.74) is 1.98. The molecular weight excluding hydrogens is 268 g/mol. The van der Waals surface area contributed by atoms with Crippen molar-refractivity contribution in [2.24, 2.45) is 0 Å². The van der Waals surface area contributed by atoms with E-state index in [1.807, 2.05) is 17.5 Å². The molecule has 3 rings (SSSR count). The summed E-state index contributed by atoms with van der Waals surface area (Å²) in [5, 5.41) is 2.50. The summed E-state index contributed by atoms with van der Waals surface area (Å²) in [6.07, 6.45) is 5.90. The van der Waals surface area contributed by atoms with E-state index in [9.17, 15) is 0 Å². The van der Waals surface area contributed by atoms with Crippen LogP contribution in [-0.2, 0) is 4.74 Å². The van der Waals surface area contributed by atoms with Crippen molar-refractivity contribution in [3.63, 3.8) is 0 Å². The summed E-state index contributed by atoms with van der Waals surface area (Å²) in [6, 6.07) is 1.97. The van der Waals surface area contributed by atoms with Crippen molar-refractivity contribution >= 4 is 38.7 Å². The molecule has 1 aliphatic rings. The van der Waals surface area contributed by atoms with E-state index in [0.29, 0.717) is 11.0 Å². The van der Waals surface area contributed by atoms with Gasteiger partial charge in [-0.3, -0.25) is 0 Å². The third-order valence-corrected chi connectivity index (χ3v) is 4.16. The predicted molar refractivity (Wildman–Crippen MR) is 74.7 cm³/mol. The highest BCUT2D eigenvalue weighted by Crippen LogP contribution is 2.30. The van der Waals surface area contributed by atoms with Crippen LogP contribution in [0.4, 0.5) is 0 Å². The molecular formula is C13H11ClN2OS. The maximum absolute atomic E-state index is 6.18. The van der Waals surface area contributed by atoms with Crippen LogP contribution in [0.3, 0.4) is 0 Å². The molecule has 3 nitrogen and oxygen atoms in total. The Morgan fingerprint density at radius 3 is 3.11 bits per heavy atom. The molecule has 0 aliphatic heterocycles. The minimum absolute atomic E-state index is 0.527. The maximum Gasteiger partial charge on any atom is 0.157 e. The molecule has 0 N–H and O–H groups in total. The standard InChI is InChI=1S/C13H11ClN2OS/c1-17-9-4-2-3-8(7-9)13-15-10-5-6-18-11(10)12(14)16-13/h4-7H,2-3H2,1H3. The van der Waals surface area contributed by atoms with Crippen LogP contribution in [-0.4, -0.2) is 17.1 Å². The average Bonchev–Trinajstić information content (AvgIpc) is 2.87. The van der Waals surface area contributed by atoms with E-state index in [1.54, 1.807) is 18.4 Å². The van der Waals surface area contributed by atoms with E-state index in [0.717, 1.165) is 34.4 Å². The van der Waals surface area contributed by atoms with Gasteiger partial charge in [-0.15, -0.1) is 11.3 Å². The van der Waals surface area contributed by atoms with Gasteiger partial charge in [-0.05, 0) is 36.4 Å². The summed E-state index contributed by atoms with van der Waals surface area (Å²) in [4.78, 5) is 8.93. The highest BCUT2D eigenvalue weighted by atomic mass is 35.5. The minimum atomic E-state index is 0.527. The number of hydrogen-bond acceptors (Lipinski definition) is 4. The first kappa shape index (κ1) is 11.7. The third-order valence-electron chi connectivity index (χ3n) is 2.86. The molecule has 2 heterocycles. The van der Waals surface area contributed by atoms with E-state index in [4.69, 9.17) is 16.3 Å². The van der Waals surface area contributed by atoms with Crippen molar-refractivity contribution in [1.29, 1.82) is 0 Å². The first-order valence-corrected chi connectivity index (χ1v) is 6.89. The molecule has 0 radical (unpaired) electrons. The number of rotatable bonds is 2. The highest BCUT2D eigenvalue weighted by molar-refractivity contribution is 7.17. The van der Waals surface area contributed by atoms with Crippen LogP contribution in [0.5, 0.6) is 0 Å². The Kier molecular flexibility index (Phi) is 3.06. The number of ether oxygens (including phenoxy) is 1. The number of hydrogen-bond donors (Lipinski definition) is 0. The zero-order chi connectivity index (χ0) is 12.5. The fourth-order valence-electron chi connectivity index (χ4n) is 1.96. The van der Waals surface area contributed by atoms with Gasteiger partial charge in [-0.1, -0.05) is 11.6 Å². The first-order chi connectivity index (χ1) is 8.78. The monoisotopic (exact) mass is 278 g/mol. The smallest absolute Gasteiger partial charge is 0.157 e. The molecule has 0 aromatic carbocycles. The number of allylic oxidation sites excluding steroid dienone is 3. The van der Waals surface area contributed by atoms with Crippen molar-refractivity contribution in [3.05, 3.63) is 40.3 Å². The molecule has 2 aromatic heterocycles.